The van der Waals surface area contributed by atoms with Crippen LogP contribution in [0.1, 0.15) is 15.9 Å². The van der Waals surface area contributed by atoms with Gasteiger partial charge in [0.25, 0.3) is 5.91 Å². The van der Waals surface area contributed by atoms with E-state index in [1.54, 1.807) is 12.1 Å². The molecule has 0 radical (unpaired) electrons. The summed E-state index contributed by atoms with van der Waals surface area (Å²) in [6, 6.07) is 8.93. The molecule has 0 saturated carbocycles. The van der Waals surface area contributed by atoms with Crippen LogP contribution in [-0.2, 0) is 21.4 Å². The summed E-state index contributed by atoms with van der Waals surface area (Å²) in [5.41, 5.74) is 2.37. The number of alkyl halides is 3. The van der Waals surface area contributed by atoms with Crippen LogP contribution in [0.5, 0.6) is 5.75 Å². The summed E-state index contributed by atoms with van der Waals surface area (Å²) in [5.74, 6) is -4.21. The first-order valence-electron chi connectivity index (χ1n) is 8.40. The molecule has 8 nitrogen and oxygen atoms in total. The van der Waals surface area contributed by atoms with Gasteiger partial charge < -0.3 is 4.74 Å². The number of nitrogens with one attached hydrogen (secondary N) is 2. The molecule has 0 unspecified atom stereocenters. The van der Waals surface area contributed by atoms with E-state index in [1.165, 1.54) is 24.7 Å². The molecule has 0 aliphatic carbocycles. The Morgan fingerprint density at radius 2 is 1.77 bits per heavy atom. The van der Waals surface area contributed by atoms with Gasteiger partial charge in [0.1, 0.15) is 11.6 Å². The van der Waals surface area contributed by atoms with Gasteiger partial charge in [-0.2, -0.15) is 13.2 Å². The van der Waals surface area contributed by atoms with Crippen molar-refractivity contribution in [2.45, 2.75) is 12.7 Å². The predicted octanol–water partition coefficient (Wildman–Crippen LogP) is 2.12. The number of methoxy groups -OCH3 is 1. The number of hydrogen-bond donors (Lipinski definition) is 2. The highest BCUT2D eigenvalue weighted by Gasteiger charge is 2.39. The molecule has 2 rings (SSSR count). The van der Waals surface area contributed by atoms with Gasteiger partial charge in [0.15, 0.2) is 0 Å². The van der Waals surface area contributed by atoms with Crippen LogP contribution in [0.4, 0.5) is 23.2 Å². The third-order valence-corrected chi connectivity index (χ3v) is 5.06. The predicted molar refractivity (Wildman–Crippen MR) is 102 cm³/mol. The molecule has 2 aromatic carbocycles. The highest BCUT2D eigenvalue weighted by Crippen LogP contribution is 2.26. The number of rotatable bonds is 6. The average Bonchev–Trinajstić information content (AvgIpc) is 2.69. The van der Waals surface area contributed by atoms with Crippen LogP contribution in [0.3, 0.4) is 0 Å². The number of amides is 2. The van der Waals surface area contributed by atoms with Crippen molar-refractivity contribution in [1.82, 2.24) is 10.9 Å². The lowest BCUT2D eigenvalue weighted by atomic mass is 10.1. The summed E-state index contributed by atoms with van der Waals surface area (Å²) < 4.78 is 81.3. The van der Waals surface area contributed by atoms with Gasteiger partial charge in [-0.15, -0.1) is 0 Å². The second kappa shape index (κ2) is 9.20. The van der Waals surface area contributed by atoms with Crippen molar-refractivity contribution in [3.05, 3.63) is 59.4 Å². The molecule has 2 amide bonds. The first kappa shape index (κ1) is 23.9. The summed E-state index contributed by atoms with van der Waals surface area (Å²) in [4.78, 5) is 22.6. The number of benzene rings is 2. The molecule has 2 N–H and O–H groups in total. The summed E-state index contributed by atoms with van der Waals surface area (Å²) in [6.45, 7) is -0.426. The van der Waals surface area contributed by atoms with Gasteiger partial charge in [-0.05, 0) is 24.3 Å². The average molecular weight is 463 g/mol. The lowest BCUT2D eigenvalue weighted by Crippen LogP contribution is -2.47. The van der Waals surface area contributed by atoms with E-state index in [4.69, 9.17) is 4.74 Å². The van der Waals surface area contributed by atoms with E-state index >= 15 is 0 Å². The number of ether oxygens (including phenoxy) is 1. The van der Waals surface area contributed by atoms with E-state index in [0.29, 0.717) is 11.8 Å². The van der Waals surface area contributed by atoms with Crippen molar-refractivity contribution in [2.75, 3.05) is 17.7 Å². The third-order valence-electron chi connectivity index (χ3n) is 3.92. The Balaban J connectivity index is 2.23. The number of halogens is 4. The van der Waals surface area contributed by atoms with E-state index in [2.05, 4.69) is 0 Å². The van der Waals surface area contributed by atoms with E-state index in [9.17, 15) is 35.6 Å². The van der Waals surface area contributed by atoms with E-state index in [1.807, 2.05) is 0 Å². The zero-order chi connectivity index (χ0) is 23.4. The van der Waals surface area contributed by atoms with Crippen LogP contribution in [0.2, 0.25) is 0 Å². The Labute approximate surface area is 174 Å². The SMILES string of the molecule is COc1cccc(N(Cc2ccc(C(=O)NNC(=O)C(F)(F)F)cc2F)S(C)(=O)=O)c1. The summed E-state index contributed by atoms with van der Waals surface area (Å²) in [5, 5.41) is 0. The van der Waals surface area contributed by atoms with Gasteiger partial charge in [-0.25, -0.2) is 12.8 Å². The van der Waals surface area contributed by atoms with Gasteiger partial charge in [-0.1, -0.05) is 12.1 Å². The van der Waals surface area contributed by atoms with Gasteiger partial charge in [0.05, 0.1) is 25.6 Å². The molecule has 0 fully saturated rings. The lowest BCUT2D eigenvalue weighted by Gasteiger charge is -2.23. The van der Waals surface area contributed by atoms with Crippen LogP contribution >= 0.6 is 0 Å². The number of carbonyl (C=O) groups is 2. The molecule has 0 aliphatic rings. The first-order chi connectivity index (χ1) is 14.3. The number of hydrazine groups is 1. The molecule has 0 aromatic heterocycles. The molecule has 0 heterocycles. The molecular weight excluding hydrogens is 446 g/mol. The van der Waals surface area contributed by atoms with Crippen molar-refractivity contribution < 1.29 is 40.3 Å². The number of sulfonamides is 1. The van der Waals surface area contributed by atoms with E-state index < -0.39 is 45.9 Å². The molecule has 0 atom stereocenters. The minimum atomic E-state index is -5.21. The Hall–Kier alpha value is -3.35. The number of hydrogen-bond acceptors (Lipinski definition) is 5. The van der Waals surface area contributed by atoms with Crippen LogP contribution < -0.4 is 19.9 Å². The first-order valence-corrected chi connectivity index (χ1v) is 10.3. The minimum absolute atomic E-state index is 0.107. The van der Waals surface area contributed by atoms with E-state index in [0.717, 1.165) is 28.1 Å². The lowest BCUT2D eigenvalue weighted by molar-refractivity contribution is -0.174. The van der Waals surface area contributed by atoms with Crippen LogP contribution in [0.15, 0.2) is 42.5 Å². The molecule has 13 heteroatoms. The fraction of sp³-hybridized carbons (Fsp3) is 0.222. The van der Waals surface area contributed by atoms with Gasteiger partial charge in [-0.3, -0.25) is 24.7 Å². The number of nitrogens with zero attached hydrogens (tertiary/aromatic N) is 1. The summed E-state index contributed by atoms with van der Waals surface area (Å²) in [6.07, 6.45) is -4.28. The van der Waals surface area contributed by atoms with Crippen LogP contribution in [0, 0.1) is 5.82 Å². The summed E-state index contributed by atoms with van der Waals surface area (Å²) >= 11 is 0. The Morgan fingerprint density at radius 3 is 2.32 bits per heavy atom. The number of carbonyl (C=O) groups excluding carboxylic acids is 2. The zero-order valence-electron chi connectivity index (χ0n) is 16.2. The van der Waals surface area contributed by atoms with Gasteiger partial charge in [0, 0.05) is 17.2 Å². The molecule has 168 valence electrons. The third kappa shape index (κ3) is 6.31. The van der Waals surface area contributed by atoms with Crippen molar-refractivity contribution in [3.63, 3.8) is 0 Å². The second-order valence-electron chi connectivity index (χ2n) is 6.18. The maximum Gasteiger partial charge on any atom is 0.472 e. The smallest absolute Gasteiger partial charge is 0.472 e. The molecule has 2 aromatic rings. The normalized spacial score (nSPS) is 11.5. The second-order valence-corrected chi connectivity index (χ2v) is 8.09. The van der Waals surface area contributed by atoms with Gasteiger partial charge in [0.2, 0.25) is 10.0 Å². The molecule has 0 spiro atoms. The Morgan fingerprint density at radius 1 is 1.10 bits per heavy atom. The quantitative estimate of drug-likeness (QED) is 0.505. The standard InChI is InChI=1S/C18H17F4N3O5S/c1-30-14-5-3-4-13(9-14)25(31(2,28)29)10-12-7-6-11(8-15(12)19)16(26)23-24-17(27)18(20,21)22/h3-9H,10H2,1-2H3,(H,23,26)(H,24,27). The van der Waals surface area contributed by atoms with Gasteiger partial charge >= 0.3 is 12.1 Å². The van der Waals surface area contributed by atoms with Crippen molar-refractivity contribution in [1.29, 1.82) is 0 Å². The molecule has 31 heavy (non-hydrogen) atoms. The minimum Gasteiger partial charge on any atom is -0.497 e. The topological polar surface area (TPSA) is 105 Å². The van der Waals surface area contributed by atoms with E-state index in [-0.39, 0.29) is 11.3 Å². The fourth-order valence-electron chi connectivity index (χ4n) is 2.39. The Bertz CT molecular complexity index is 1090. The molecule has 0 saturated heterocycles. The summed E-state index contributed by atoms with van der Waals surface area (Å²) in [7, 11) is -2.45. The maximum absolute atomic E-state index is 14.5. The monoisotopic (exact) mass is 463 g/mol. The molecule has 0 bridgehead atoms. The maximum atomic E-state index is 14.5. The van der Waals surface area contributed by atoms with Crippen molar-refractivity contribution >= 4 is 27.5 Å². The fourth-order valence-corrected chi connectivity index (χ4v) is 3.26. The number of anilines is 1. The van der Waals surface area contributed by atoms with Crippen LogP contribution in [-0.4, -0.2) is 39.8 Å². The van der Waals surface area contributed by atoms with Crippen LogP contribution in [0.25, 0.3) is 0 Å². The largest absolute Gasteiger partial charge is 0.497 e. The molecule has 0 aliphatic heterocycles. The van der Waals surface area contributed by atoms with Crippen molar-refractivity contribution in [3.8, 4) is 5.75 Å². The zero-order valence-corrected chi connectivity index (χ0v) is 17.0. The Kier molecular flexibility index (Phi) is 7.10. The highest BCUT2D eigenvalue weighted by molar-refractivity contribution is 7.92. The molecular formula is C18H17F4N3O5S. The highest BCUT2D eigenvalue weighted by atomic mass is 32.2. The van der Waals surface area contributed by atoms with Crippen molar-refractivity contribution in [2.24, 2.45) is 0 Å².